The van der Waals surface area contributed by atoms with Crippen LogP contribution in [-0.2, 0) is 0 Å². The van der Waals surface area contributed by atoms with Gasteiger partial charge in [-0.15, -0.1) is 0 Å². The summed E-state index contributed by atoms with van der Waals surface area (Å²) in [6.45, 7) is 4.01. The van der Waals surface area contributed by atoms with Gasteiger partial charge < -0.3 is 9.47 Å². The lowest BCUT2D eigenvalue weighted by molar-refractivity contribution is 0.413. The predicted molar refractivity (Wildman–Crippen MR) is 81.9 cm³/mol. The zero-order chi connectivity index (χ0) is 14.4. The first kappa shape index (κ1) is 13.8. The smallest absolute Gasteiger partial charge is 0.134 e. The van der Waals surface area contributed by atoms with Crippen LogP contribution in [0.3, 0.4) is 0 Å². The molecule has 0 aliphatic rings. The van der Waals surface area contributed by atoms with E-state index in [0.717, 1.165) is 22.6 Å². The normalized spacial score (nSPS) is 9.30. The van der Waals surface area contributed by atoms with Crippen LogP contribution >= 0.6 is 0 Å². The monoisotopic (exact) mass is 264 g/mol. The molecule has 0 amide bonds. The number of ether oxygens (including phenoxy) is 2. The molecule has 2 heteroatoms. The van der Waals surface area contributed by atoms with E-state index in [0.29, 0.717) is 5.57 Å². The Morgan fingerprint density at radius 2 is 1.50 bits per heavy atom. The van der Waals surface area contributed by atoms with E-state index < -0.39 is 0 Å². The summed E-state index contributed by atoms with van der Waals surface area (Å²) >= 11 is 0. The second kappa shape index (κ2) is 6.49. The van der Waals surface area contributed by atoms with Crippen LogP contribution in [0.25, 0.3) is 5.57 Å². The molecule has 0 aliphatic carbocycles. The number of benzene rings is 2. The number of allylic oxidation sites excluding steroid dienone is 1. The average Bonchev–Trinajstić information content (AvgIpc) is 2.52. The molecule has 0 bridgehead atoms. The lowest BCUT2D eigenvalue weighted by Gasteiger charge is -2.06. The van der Waals surface area contributed by atoms with Gasteiger partial charge in [-0.1, -0.05) is 48.8 Å². The van der Waals surface area contributed by atoms with Crippen molar-refractivity contribution in [3.63, 3.8) is 0 Å². The van der Waals surface area contributed by atoms with Crippen LogP contribution in [0.15, 0.2) is 55.1 Å². The SMILES string of the molecule is C=C(C#Cc1ccccc1OC)c1ccccc1OC. The van der Waals surface area contributed by atoms with E-state index >= 15 is 0 Å². The average molecular weight is 264 g/mol. The Hall–Kier alpha value is -2.66. The molecule has 0 aromatic heterocycles. The van der Waals surface area contributed by atoms with E-state index in [1.807, 2.05) is 48.5 Å². The highest BCUT2D eigenvalue weighted by Crippen LogP contribution is 2.24. The van der Waals surface area contributed by atoms with E-state index in [1.165, 1.54) is 0 Å². The molecule has 0 heterocycles. The maximum atomic E-state index is 5.31. The molecule has 0 N–H and O–H groups in total. The molecule has 2 aromatic carbocycles. The van der Waals surface area contributed by atoms with Crippen molar-refractivity contribution in [2.24, 2.45) is 0 Å². The van der Waals surface area contributed by atoms with Crippen molar-refractivity contribution < 1.29 is 9.47 Å². The van der Waals surface area contributed by atoms with Gasteiger partial charge in [-0.2, -0.15) is 0 Å². The standard InChI is InChI=1S/C18H16O2/c1-14(16-9-5-7-11-18(16)20-3)12-13-15-8-4-6-10-17(15)19-2/h4-11H,1H2,2-3H3. The lowest BCUT2D eigenvalue weighted by Crippen LogP contribution is -1.89. The van der Waals surface area contributed by atoms with E-state index in [2.05, 4.69) is 18.4 Å². The highest BCUT2D eigenvalue weighted by molar-refractivity contribution is 5.81. The molecule has 0 unspecified atom stereocenters. The summed E-state index contributed by atoms with van der Waals surface area (Å²) in [6, 6.07) is 15.3. The molecule has 0 atom stereocenters. The molecular formula is C18H16O2. The summed E-state index contributed by atoms with van der Waals surface area (Å²) in [6.07, 6.45) is 0. The second-order valence-electron chi connectivity index (χ2n) is 4.13. The molecule has 20 heavy (non-hydrogen) atoms. The topological polar surface area (TPSA) is 18.5 Å². The van der Waals surface area contributed by atoms with Crippen LogP contribution in [0.5, 0.6) is 11.5 Å². The highest BCUT2D eigenvalue weighted by atomic mass is 16.5. The Balaban J connectivity index is 2.31. The van der Waals surface area contributed by atoms with Crippen LogP contribution in [0, 0.1) is 11.8 Å². The number of methoxy groups -OCH3 is 2. The fraction of sp³-hybridized carbons (Fsp3) is 0.111. The lowest BCUT2D eigenvalue weighted by atomic mass is 10.1. The van der Waals surface area contributed by atoms with E-state index in [9.17, 15) is 0 Å². The molecule has 0 aliphatic heterocycles. The molecule has 0 radical (unpaired) electrons. The van der Waals surface area contributed by atoms with Gasteiger partial charge >= 0.3 is 0 Å². The Bertz CT molecular complexity index is 675. The van der Waals surface area contributed by atoms with E-state index in [1.54, 1.807) is 14.2 Å². The van der Waals surface area contributed by atoms with Gasteiger partial charge in [-0.05, 0) is 18.2 Å². The van der Waals surface area contributed by atoms with Crippen molar-refractivity contribution in [3.05, 3.63) is 66.2 Å². The molecule has 2 aromatic rings. The van der Waals surface area contributed by atoms with Gasteiger partial charge in [0.05, 0.1) is 19.8 Å². The molecule has 0 saturated carbocycles. The molecule has 0 spiro atoms. The number of hydrogen-bond acceptors (Lipinski definition) is 2. The minimum Gasteiger partial charge on any atom is -0.496 e. The van der Waals surface area contributed by atoms with Crippen LogP contribution in [-0.4, -0.2) is 14.2 Å². The van der Waals surface area contributed by atoms with E-state index in [-0.39, 0.29) is 0 Å². The largest absolute Gasteiger partial charge is 0.496 e. The summed E-state index contributed by atoms with van der Waals surface area (Å²) < 4.78 is 10.6. The van der Waals surface area contributed by atoms with Gasteiger partial charge in [0.1, 0.15) is 11.5 Å². The van der Waals surface area contributed by atoms with Crippen molar-refractivity contribution >= 4 is 5.57 Å². The zero-order valence-electron chi connectivity index (χ0n) is 11.6. The number of para-hydroxylation sites is 2. The number of hydrogen-bond donors (Lipinski definition) is 0. The van der Waals surface area contributed by atoms with Crippen molar-refractivity contribution in [3.8, 4) is 23.3 Å². The van der Waals surface area contributed by atoms with Crippen molar-refractivity contribution in [2.75, 3.05) is 14.2 Å². The first-order valence-electron chi connectivity index (χ1n) is 6.23. The third-order valence-electron chi connectivity index (χ3n) is 2.89. The van der Waals surface area contributed by atoms with Crippen molar-refractivity contribution in [1.82, 2.24) is 0 Å². The van der Waals surface area contributed by atoms with Gasteiger partial charge in [0.2, 0.25) is 0 Å². The molecule has 0 saturated heterocycles. The summed E-state index contributed by atoms with van der Waals surface area (Å²) in [4.78, 5) is 0. The van der Waals surface area contributed by atoms with Crippen LogP contribution in [0.4, 0.5) is 0 Å². The molecule has 2 nitrogen and oxygen atoms in total. The maximum Gasteiger partial charge on any atom is 0.134 e. The maximum absolute atomic E-state index is 5.31. The summed E-state index contributed by atoms with van der Waals surface area (Å²) in [5.41, 5.74) is 2.46. The fourth-order valence-electron chi connectivity index (χ4n) is 1.85. The minimum atomic E-state index is 0.716. The van der Waals surface area contributed by atoms with Gasteiger partial charge in [-0.25, -0.2) is 0 Å². The molecule has 2 rings (SSSR count). The Morgan fingerprint density at radius 1 is 0.900 bits per heavy atom. The number of rotatable bonds is 3. The fourth-order valence-corrected chi connectivity index (χ4v) is 1.85. The van der Waals surface area contributed by atoms with E-state index in [4.69, 9.17) is 9.47 Å². The molecular weight excluding hydrogens is 248 g/mol. The Morgan fingerprint density at radius 3 is 2.20 bits per heavy atom. The van der Waals surface area contributed by atoms with Crippen LogP contribution < -0.4 is 9.47 Å². The van der Waals surface area contributed by atoms with Gasteiger partial charge in [-0.3, -0.25) is 0 Å². The van der Waals surface area contributed by atoms with Crippen molar-refractivity contribution in [2.45, 2.75) is 0 Å². The second-order valence-corrected chi connectivity index (χ2v) is 4.13. The summed E-state index contributed by atoms with van der Waals surface area (Å²) in [5.74, 6) is 7.67. The molecule has 100 valence electrons. The quantitative estimate of drug-likeness (QED) is 0.786. The zero-order valence-corrected chi connectivity index (χ0v) is 11.6. The highest BCUT2D eigenvalue weighted by Gasteiger charge is 2.03. The summed E-state index contributed by atoms with van der Waals surface area (Å²) in [7, 11) is 3.27. The van der Waals surface area contributed by atoms with Gasteiger partial charge in [0.15, 0.2) is 0 Å². The van der Waals surface area contributed by atoms with Gasteiger partial charge in [0.25, 0.3) is 0 Å². The Kier molecular flexibility index (Phi) is 4.47. The predicted octanol–water partition coefficient (Wildman–Crippen LogP) is 3.77. The summed E-state index contributed by atoms with van der Waals surface area (Å²) in [5, 5.41) is 0. The first-order chi connectivity index (χ1) is 9.76. The van der Waals surface area contributed by atoms with Crippen LogP contribution in [0.1, 0.15) is 11.1 Å². The molecule has 0 fully saturated rings. The third-order valence-corrected chi connectivity index (χ3v) is 2.89. The van der Waals surface area contributed by atoms with Crippen molar-refractivity contribution in [1.29, 1.82) is 0 Å². The minimum absolute atomic E-state index is 0.716. The third kappa shape index (κ3) is 3.02. The first-order valence-corrected chi connectivity index (χ1v) is 6.23. The Labute approximate surface area is 119 Å². The van der Waals surface area contributed by atoms with Crippen LogP contribution in [0.2, 0.25) is 0 Å². The van der Waals surface area contributed by atoms with Gasteiger partial charge in [0, 0.05) is 11.1 Å².